The lowest BCUT2D eigenvalue weighted by Crippen LogP contribution is -2.39. The van der Waals surface area contributed by atoms with E-state index in [0.717, 1.165) is 12.0 Å². The number of amides is 1. The third-order valence-electron chi connectivity index (χ3n) is 3.13. The molecule has 1 fully saturated rings. The Kier molecular flexibility index (Phi) is 4.22. The van der Waals surface area contributed by atoms with Gasteiger partial charge >= 0.3 is 5.97 Å². The van der Waals surface area contributed by atoms with E-state index in [1.807, 2.05) is 12.1 Å². The normalized spacial score (nSPS) is 19.0. The summed E-state index contributed by atoms with van der Waals surface area (Å²) in [4.78, 5) is 24.4. The lowest BCUT2D eigenvalue weighted by molar-refractivity contribution is -0.146. The van der Waals surface area contributed by atoms with Gasteiger partial charge < -0.3 is 10.0 Å². The molecular weight excluding hydrogens is 266 g/mol. The van der Waals surface area contributed by atoms with Crippen molar-refractivity contribution in [1.29, 1.82) is 0 Å². The quantitative estimate of drug-likeness (QED) is 0.865. The van der Waals surface area contributed by atoms with E-state index in [4.69, 9.17) is 16.7 Å². The SMILES string of the molecule is O=C(O)[C@H]1CCCN1C(=O)/C=C\c1ccccc1Cl. The molecule has 1 amide bonds. The van der Waals surface area contributed by atoms with Crippen molar-refractivity contribution in [2.45, 2.75) is 18.9 Å². The first-order valence-corrected chi connectivity index (χ1v) is 6.43. The van der Waals surface area contributed by atoms with Crippen LogP contribution >= 0.6 is 11.6 Å². The Morgan fingerprint density at radius 1 is 1.37 bits per heavy atom. The van der Waals surface area contributed by atoms with E-state index in [1.54, 1.807) is 18.2 Å². The fraction of sp³-hybridized carbons (Fsp3) is 0.286. The summed E-state index contributed by atoms with van der Waals surface area (Å²) in [7, 11) is 0. The van der Waals surface area contributed by atoms with Gasteiger partial charge in [-0.2, -0.15) is 0 Å². The first-order valence-electron chi connectivity index (χ1n) is 6.05. The lowest BCUT2D eigenvalue weighted by atomic mass is 10.2. The van der Waals surface area contributed by atoms with Crippen molar-refractivity contribution in [1.82, 2.24) is 4.90 Å². The third-order valence-corrected chi connectivity index (χ3v) is 3.48. The van der Waals surface area contributed by atoms with Gasteiger partial charge in [0.2, 0.25) is 5.91 Å². The van der Waals surface area contributed by atoms with E-state index in [2.05, 4.69) is 0 Å². The van der Waals surface area contributed by atoms with Gasteiger partial charge in [0.1, 0.15) is 6.04 Å². The van der Waals surface area contributed by atoms with Crippen LogP contribution in [0.2, 0.25) is 5.02 Å². The molecule has 1 N–H and O–H groups in total. The summed E-state index contributed by atoms with van der Waals surface area (Å²) in [6.07, 6.45) is 4.23. The number of carbonyl (C=O) groups excluding carboxylic acids is 1. The summed E-state index contributed by atoms with van der Waals surface area (Å²) < 4.78 is 0. The van der Waals surface area contributed by atoms with Crippen LogP contribution in [0.1, 0.15) is 18.4 Å². The number of nitrogens with zero attached hydrogens (tertiary/aromatic N) is 1. The van der Waals surface area contributed by atoms with Crippen LogP contribution in [0.3, 0.4) is 0 Å². The van der Waals surface area contributed by atoms with E-state index in [0.29, 0.717) is 18.0 Å². The Morgan fingerprint density at radius 2 is 2.11 bits per heavy atom. The zero-order valence-corrected chi connectivity index (χ0v) is 11.0. The first-order chi connectivity index (χ1) is 9.09. The highest BCUT2D eigenvalue weighted by atomic mass is 35.5. The van der Waals surface area contributed by atoms with Crippen molar-refractivity contribution in [2.75, 3.05) is 6.54 Å². The Bertz CT molecular complexity index is 527. The predicted octanol–water partition coefficient (Wildman–Crippen LogP) is 2.43. The van der Waals surface area contributed by atoms with Crippen molar-refractivity contribution in [3.63, 3.8) is 0 Å². The Balaban J connectivity index is 2.09. The monoisotopic (exact) mass is 279 g/mol. The molecule has 1 aliphatic heterocycles. The van der Waals surface area contributed by atoms with Crippen LogP contribution in [0, 0.1) is 0 Å². The molecular formula is C14H14ClNO3. The Hall–Kier alpha value is -1.81. The molecule has 1 saturated heterocycles. The number of hydrogen-bond acceptors (Lipinski definition) is 2. The van der Waals surface area contributed by atoms with Crippen molar-refractivity contribution in [2.24, 2.45) is 0 Å². The molecule has 0 aliphatic carbocycles. The van der Waals surface area contributed by atoms with Gasteiger partial charge in [-0.3, -0.25) is 4.79 Å². The van der Waals surface area contributed by atoms with Gasteiger partial charge in [-0.25, -0.2) is 4.79 Å². The third kappa shape index (κ3) is 3.15. The Morgan fingerprint density at radius 3 is 2.79 bits per heavy atom. The summed E-state index contributed by atoms with van der Waals surface area (Å²) >= 11 is 5.98. The highest BCUT2D eigenvalue weighted by Crippen LogP contribution is 2.19. The van der Waals surface area contributed by atoms with Gasteiger partial charge in [0.15, 0.2) is 0 Å². The van der Waals surface area contributed by atoms with E-state index in [-0.39, 0.29) is 5.91 Å². The van der Waals surface area contributed by atoms with Gasteiger partial charge in [0.25, 0.3) is 0 Å². The van der Waals surface area contributed by atoms with E-state index >= 15 is 0 Å². The van der Waals surface area contributed by atoms with Crippen molar-refractivity contribution < 1.29 is 14.7 Å². The van der Waals surface area contributed by atoms with Crippen LogP contribution in [0.15, 0.2) is 30.3 Å². The van der Waals surface area contributed by atoms with Crippen LogP contribution in [-0.2, 0) is 9.59 Å². The summed E-state index contributed by atoms with van der Waals surface area (Å²) in [6, 6.07) is 6.46. The number of likely N-dealkylation sites (tertiary alicyclic amines) is 1. The highest BCUT2D eigenvalue weighted by molar-refractivity contribution is 6.32. The minimum atomic E-state index is -0.947. The number of carbonyl (C=O) groups is 2. The minimum absolute atomic E-state index is 0.287. The van der Waals surface area contributed by atoms with Crippen LogP contribution < -0.4 is 0 Å². The second-order valence-corrected chi connectivity index (χ2v) is 4.79. The predicted molar refractivity (Wildman–Crippen MR) is 72.9 cm³/mol. The van der Waals surface area contributed by atoms with Crippen LogP contribution in [-0.4, -0.2) is 34.5 Å². The average molecular weight is 280 g/mol. The number of hydrogen-bond donors (Lipinski definition) is 1. The van der Waals surface area contributed by atoms with Crippen LogP contribution in [0.25, 0.3) is 6.08 Å². The fourth-order valence-corrected chi connectivity index (χ4v) is 2.35. The van der Waals surface area contributed by atoms with Gasteiger partial charge in [-0.1, -0.05) is 29.8 Å². The van der Waals surface area contributed by atoms with Crippen LogP contribution in [0.5, 0.6) is 0 Å². The molecule has 1 aliphatic rings. The van der Waals surface area contributed by atoms with E-state index < -0.39 is 12.0 Å². The van der Waals surface area contributed by atoms with Gasteiger partial charge in [-0.05, 0) is 30.5 Å². The van der Waals surface area contributed by atoms with Gasteiger partial charge in [-0.15, -0.1) is 0 Å². The van der Waals surface area contributed by atoms with Crippen molar-refractivity contribution in [3.8, 4) is 0 Å². The fourth-order valence-electron chi connectivity index (χ4n) is 2.15. The lowest BCUT2D eigenvalue weighted by Gasteiger charge is -2.19. The molecule has 100 valence electrons. The molecule has 19 heavy (non-hydrogen) atoms. The molecule has 0 bridgehead atoms. The maximum Gasteiger partial charge on any atom is 0.326 e. The van der Waals surface area contributed by atoms with Crippen molar-refractivity contribution in [3.05, 3.63) is 40.9 Å². The molecule has 0 unspecified atom stereocenters. The molecule has 0 spiro atoms. The summed E-state index contributed by atoms with van der Waals surface area (Å²) in [5.74, 6) is -1.23. The second-order valence-electron chi connectivity index (χ2n) is 4.38. The topological polar surface area (TPSA) is 57.6 Å². The molecule has 4 nitrogen and oxygen atoms in total. The molecule has 1 heterocycles. The average Bonchev–Trinajstić information content (AvgIpc) is 2.87. The standard InChI is InChI=1S/C14H14ClNO3/c15-11-5-2-1-4-10(11)7-8-13(17)16-9-3-6-12(16)14(18)19/h1-2,4-5,7-8,12H,3,6,9H2,(H,18,19)/b8-7-/t12-/m1/s1. The smallest absolute Gasteiger partial charge is 0.326 e. The number of rotatable bonds is 3. The number of aliphatic carboxylic acids is 1. The molecule has 1 aromatic rings. The number of carboxylic acid groups (broad SMARTS) is 1. The molecule has 0 aromatic heterocycles. The summed E-state index contributed by atoms with van der Waals surface area (Å²) in [5, 5.41) is 9.58. The molecule has 1 aromatic carbocycles. The van der Waals surface area contributed by atoms with E-state index in [1.165, 1.54) is 11.0 Å². The zero-order valence-electron chi connectivity index (χ0n) is 10.3. The maximum absolute atomic E-state index is 12.0. The Labute approximate surface area is 116 Å². The number of carboxylic acids is 1. The highest BCUT2D eigenvalue weighted by Gasteiger charge is 2.32. The zero-order chi connectivity index (χ0) is 13.8. The minimum Gasteiger partial charge on any atom is -0.480 e. The summed E-state index contributed by atoms with van der Waals surface area (Å²) in [6.45, 7) is 0.489. The largest absolute Gasteiger partial charge is 0.480 e. The van der Waals surface area contributed by atoms with Gasteiger partial charge in [0, 0.05) is 17.6 Å². The van der Waals surface area contributed by atoms with Crippen LogP contribution in [0.4, 0.5) is 0 Å². The molecule has 0 saturated carbocycles. The first kappa shape index (κ1) is 13.6. The number of benzene rings is 1. The molecule has 5 heteroatoms. The second kappa shape index (κ2) is 5.89. The van der Waals surface area contributed by atoms with E-state index in [9.17, 15) is 9.59 Å². The summed E-state index contributed by atoms with van der Waals surface area (Å²) in [5.41, 5.74) is 0.739. The van der Waals surface area contributed by atoms with Crippen molar-refractivity contribution >= 4 is 29.6 Å². The molecule has 0 radical (unpaired) electrons. The molecule has 1 atom stereocenters. The van der Waals surface area contributed by atoms with Gasteiger partial charge in [0.05, 0.1) is 0 Å². The molecule has 2 rings (SSSR count). The number of halogens is 1. The maximum atomic E-state index is 12.0.